The highest BCUT2D eigenvalue weighted by atomic mass is 127. The van der Waals surface area contributed by atoms with Crippen LogP contribution in [0.1, 0.15) is 26.5 Å². The van der Waals surface area contributed by atoms with Gasteiger partial charge in [-0.2, -0.15) is 0 Å². The van der Waals surface area contributed by atoms with Crippen LogP contribution >= 0.6 is 33.9 Å². The average Bonchev–Trinajstić information content (AvgIpc) is 3.20. The number of nitrogens with zero attached hydrogens (tertiary/aromatic N) is 2. The lowest BCUT2D eigenvalue weighted by atomic mass is 10.1. The van der Waals surface area contributed by atoms with Crippen molar-refractivity contribution in [2.45, 2.75) is 19.3 Å². The number of ketones is 1. The summed E-state index contributed by atoms with van der Waals surface area (Å²) in [4.78, 5) is 37.8. The molecule has 0 spiro atoms. The third-order valence-corrected chi connectivity index (χ3v) is 6.48. The lowest BCUT2D eigenvalue weighted by molar-refractivity contribution is -0.121. The van der Waals surface area contributed by atoms with E-state index < -0.39 is 6.09 Å². The van der Waals surface area contributed by atoms with Gasteiger partial charge in [0.15, 0.2) is 0 Å². The van der Waals surface area contributed by atoms with Crippen LogP contribution in [0, 0.1) is 3.57 Å². The molecule has 0 bridgehead atoms. The second kappa shape index (κ2) is 10.9. The van der Waals surface area contributed by atoms with E-state index in [1.165, 1.54) is 18.4 Å². The van der Waals surface area contributed by atoms with E-state index in [1.54, 1.807) is 11.1 Å². The molecular weight excluding hydrogens is 519 g/mol. The number of halogens is 1. The minimum Gasteiger partial charge on any atom is -0.465 e. The van der Waals surface area contributed by atoms with Gasteiger partial charge in [-0.25, -0.2) is 19.6 Å². The maximum atomic E-state index is 12.4. The molecule has 0 saturated carbocycles. The standard InChI is InChI=1S/C21H23IN2O5S/c1-28-20(26)19-6-5-18(30-19)8-10-24-21(27)29-12-11-23(24)9-7-17(25)14-15-3-2-4-16(22)13-15/h2-6,13H,7-12,14H2,1H3. The second-order valence-electron chi connectivity index (χ2n) is 6.79. The Kier molecular flexibility index (Phi) is 8.23. The van der Waals surface area contributed by atoms with E-state index in [0.29, 0.717) is 50.4 Å². The Morgan fingerprint density at radius 1 is 1.23 bits per heavy atom. The Morgan fingerprint density at radius 2 is 2.07 bits per heavy atom. The van der Waals surface area contributed by atoms with Crippen LogP contribution in [0.3, 0.4) is 0 Å². The number of ether oxygens (including phenoxy) is 2. The Hall–Kier alpha value is -1.98. The lowest BCUT2D eigenvalue weighted by Crippen LogP contribution is -2.53. The van der Waals surface area contributed by atoms with Crippen LogP contribution in [0.2, 0.25) is 0 Å². The molecular formula is C21H23IN2O5S. The van der Waals surface area contributed by atoms with Crippen molar-refractivity contribution in [2.75, 3.05) is 33.4 Å². The summed E-state index contributed by atoms with van der Waals surface area (Å²) < 4.78 is 11.0. The zero-order valence-corrected chi connectivity index (χ0v) is 19.6. The van der Waals surface area contributed by atoms with Crippen LogP contribution in [0.15, 0.2) is 36.4 Å². The Labute approximate surface area is 193 Å². The topological polar surface area (TPSA) is 76.2 Å². The fraction of sp³-hybridized carbons (Fsp3) is 0.381. The summed E-state index contributed by atoms with van der Waals surface area (Å²) in [6, 6.07) is 11.5. The van der Waals surface area contributed by atoms with Crippen LogP contribution < -0.4 is 0 Å². The first-order valence-electron chi connectivity index (χ1n) is 9.58. The number of carbonyl (C=O) groups excluding carboxylic acids is 3. The van der Waals surface area contributed by atoms with Crippen molar-refractivity contribution >= 4 is 51.8 Å². The smallest absolute Gasteiger partial charge is 0.424 e. The number of hydrazine groups is 1. The molecule has 160 valence electrons. The number of hydrogen-bond acceptors (Lipinski definition) is 7. The summed E-state index contributed by atoms with van der Waals surface area (Å²) in [5, 5.41) is 3.44. The Morgan fingerprint density at radius 3 is 2.83 bits per heavy atom. The summed E-state index contributed by atoms with van der Waals surface area (Å²) in [6.07, 6.45) is 0.932. The first-order valence-corrected chi connectivity index (χ1v) is 11.5. The molecule has 0 radical (unpaired) electrons. The zero-order chi connectivity index (χ0) is 21.5. The maximum Gasteiger partial charge on any atom is 0.424 e. The molecule has 1 fully saturated rings. The number of cyclic esters (lactones) is 1. The van der Waals surface area contributed by atoms with E-state index >= 15 is 0 Å². The zero-order valence-electron chi connectivity index (χ0n) is 16.6. The molecule has 3 rings (SSSR count). The van der Waals surface area contributed by atoms with Gasteiger partial charge in [0, 0.05) is 40.8 Å². The van der Waals surface area contributed by atoms with E-state index in [1.807, 2.05) is 35.3 Å². The van der Waals surface area contributed by atoms with Crippen molar-refractivity contribution in [2.24, 2.45) is 0 Å². The third-order valence-electron chi connectivity index (χ3n) is 4.68. The summed E-state index contributed by atoms with van der Waals surface area (Å²) in [5.41, 5.74) is 1.00. The fourth-order valence-corrected chi connectivity index (χ4v) is 4.69. The number of rotatable bonds is 9. The lowest BCUT2D eigenvalue weighted by Gasteiger charge is -2.37. The van der Waals surface area contributed by atoms with Crippen molar-refractivity contribution in [1.82, 2.24) is 10.0 Å². The van der Waals surface area contributed by atoms with Crippen molar-refractivity contribution in [1.29, 1.82) is 0 Å². The van der Waals surface area contributed by atoms with E-state index in [4.69, 9.17) is 9.47 Å². The Bertz CT molecular complexity index is 916. The summed E-state index contributed by atoms with van der Waals surface area (Å²) >= 11 is 3.58. The van der Waals surface area contributed by atoms with Crippen molar-refractivity contribution in [3.05, 3.63) is 55.3 Å². The number of esters is 1. The SMILES string of the molecule is COC(=O)c1ccc(CCN2C(=O)OCCN2CCC(=O)Cc2cccc(I)c2)s1. The quantitative estimate of drug-likeness (QED) is 0.357. The minimum atomic E-state index is -0.406. The van der Waals surface area contributed by atoms with Crippen LogP contribution in [-0.4, -0.2) is 61.2 Å². The summed E-state index contributed by atoms with van der Waals surface area (Å²) in [7, 11) is 1.35. The number of methoxy groups -OCH3 is 1. The van der Waals surface area contributed by atoms with Gasteiger partial charge in [-0.3, -0.25) is 4.79 Å². The largest absolute Gasteiger partial charge is 0.465 e. The van der Waals surface area contributed by atoms with Gasteiger partial charge in [0.1, 0.15) is 17.3 Å². The molecule has 9 heteroatoms. The molecule has 1 aromatic heterocycles. The van der Waals surface area contributed by atoms with Gasteiger partial charge in [-0.05, 0) is 52.4 Å². The monoisotopic (exact) mass is 542 g/mol. The molecule has 1 aromatic carbocycles. The number of carbonyl (C=O) groups is 3. The molecule has 1 aliphatic heterocycles. The van der Waals surface area contributed by atoms with E-state index in [9.17, 15) is 14.4 Å². The van der Waals surface area contributed by atoms with E-state index in [-0.39, 0.29) is 11.8 Å². The third kappa shape index (κ3) is 6.26. The number of benzene rings is 1. The molecule has 0 atom stereocenters. The molecule has 7 nitrogen and oxygen atoms in total. The first-order chi connectivity index (χ1) is 14.5. The van der Waals surface area contributed by atoms with Crippen LogP contribution in [0.5, 0.6) is 0 Å². The van der Waals surface area contributed by atoms with Gasteiger partial charge in [0.2, 0.25) is 0 Å². The van der Waals surface area contributed by atoms with Gasteiger partial charge >= 0.3 is 12.1 Å². The first kappa shape index (κ1) is 22.7. The number of Topliss-reactive ketones (excluding diaryl/α,β-unsaturated/α-hetero) is 1. The highest BCUT2D eigenvalue weighted by molar-refractivity contribution is 14.1. The predicted octanol–water partition coefficient (Wildman–Crippen LogP) is 3.55. The van der Waals surface area contributed by atoms with Crippen LogP contribution in [-0.2, 0) is 27.1 Å². The molecule has 1 saturated heterocycles. The van der Waals surface area contributed by atoms with Crippen LogP contribution in [0.4, 0.5) is 4.79 Å². The molecule has 2 aromatic rings. The highest BCUT2D eigenvalue weighted by Gasteiger charge is 2.27. The van der Waals surface area contributed by atoms with Crippen molar-refractivity contribution in [3.63, 3.8) is 0 Å². The van der Waals surface area contributed by atoms with E-state index in [0.717, 1.165) is 14.0 Å². The molecule has 0 N–H and O–H groups in total. The molecule has 1 amide bonds. The minimum absolute atomic E-state index is 0.136. The highest BCUT2D eigenvalue weighted by Crippen LogP contribution is 2.19. The van der Waals surface area contributed by atoms with Gasteiger partial charge in [-0.1, -0.05) is 12.1 Å². The Balaban J connectivity index is 1.53. The second-order valence-corrected chi connectivity index (χ2v) is 9.21. The molecule has 0 unspecified atom stereocenters. The number of hydrogen-bond donors (Lipinski definition) is 0. The van der Waals surface area contributed by atoms with E-state index in [2.05, 4.69) is 22.6 Å². The van der Waals surface area contributed by atoms with Gasteiger partial charge in [-0.15, -0.1) is 11.3 Å². The maximum absolute atomic E-state index is 12.4. The number of thiophene rings is 1. The normalized spacial score (nSPS) is 14.5. The fourth-order valence-electron chi connectivity index (χ4n) is 3.17. The van der Waals surface area contributed by atoms with Gasteiger partial charge in [0.25, 0.3) is 0 Å². The van der Waals surface area contributed by atoms with Crippen molar-refractivity contribution in [3.8, 4) is 0 Å². The van der Waals surface area contributed by atoms with Crippen LogP contribution in [0.25, 0.3) is 0 Å². The predicted molar refractivity (Wildman–Crippen MR) is 121 cm³/mol. The van der Waals surface area contributed by atoms with Gasteiger partial charge < -0.3 is 9.47 Å². The average molecular weight is 542 g/mol. The van der Waals surface area contributed by atoms with Gasteiger partial charge in [0.05, 0.1) is 13.7 Å². The number of amides is 1. The molecule has 1 aliphatic rings. The van der Waals surface area contributed by atoms with Crippen molar-refractivity contribution < 1.29 is 23.9 Å². The molecule has 2 heterocycles. The molecule has 30 heavy (non-hydrogen) atoms. The summed E-state index contributed by atoms with van der Waals surface area (Å²) in [5.74, 6) is -0.228. The molecule has 0 aliphatic carbocycles. The summed E-state index contributed by atoms with van der Waals surface area (Å²) in [6.45, 7) is 1.76.